The average Bonchev–Trinajstić information content (AvgIpc) is 3.24. The van der Waals surface area contributed by atoms with Crippen molar-refractivity contribution in [3.05, 3.63) is 53.9 Å². The van der Waals surface area contributed by atoms with Crippen molar-refractivity contribution in [2.45, 2.75) is 6.23 Å². The summed E-state index contributed by atoms with van der Waals surface area (Å²) in [6.45, 7) is 1.51. The van der Waals surface area contributed by atoms with Gasteiger partial charge >= 0.3 is 6.09 Å². The van der Waals surface area contributed by atoms with Crippen LogP contribution in [0.3, 0.4) is 0 Å². The van der Waals surface area contributed by atoms with Gasteiger partial charge in [-0.25, -0.2) is 14.2 Å². The molecule has 2 fully saturated rings. The van der Waals surface area contributed by atoms with E-state index in [1.54, 1.807) is 24.1 Å². The van der Waals surface area contributed by atoms with Crippen LogP contribution in [-0.4, -0.2) is 85.1 Å². The summed E-state index contributed by atoms with van der Waals surface area (Å²) < 4.78 is 39.2. The van der Waals surface area contributed by atoms with E-state index in [4.69, 9.17) is 21.7 Å². The van der Waals surface area contributed by atoms with Gasteiger partial charge in [-0.3, -0.25) is 14.6 Å². The van der Waals surface area contributed by atoms with Crippen LogP contribution in [0.5, 0.6) is 0 Å². The maximum Gasteiger partial charge on any atom is 0.416 e. The summed E-state index contributed by atoms with van der Waals surface area (Å²) in [7, 11) is 3.07. The number of hydrogen-bond acceptors (Lipinski definition) is 7. The Kier molecular flexibility index (Phi) is 6.77. The number of anilines is 2. The molecule has 34 heavy (non-hydrogen) atoms. The third-order valence-electron chi connectivity index (χ3n) is 5.83. The largest absolute Gasteiger partial charge is 0.474 e. The molecule has 0 N–H and O–H groups in total. The Labute approximate surface area is 200 Å². The lowest BCUT2D eigenvalue weighted by Gasteiger charge is -2.36. The van der Waals surface area contributed by atoms with Gasteiger partial charge in [0.1, 0.15) is 5.82 Å². The van der Waals surface area contributed by atoms with Gasteiger partial charge in [-0.15, -0.1) is 0 Å². The Bertz CT molecular complexity index is 1110. The summed E-state index contributed by atoms with van der Waals surface area (Å²) in [6, 6.07) is 7.40. The SMILES string of the molecule is COC(=S)N(C)C1CN(c2ccc(N3CCN(C(=O)c4cccnc4F)CC3)c(F)c2)C(=O)O1. The van der Waals surface area contributed by atoms with Crippen molar-refractivity contribution >= 4 is 40.8 Å². The van der Waals surface area contributed by atoms with Crippen LogP contribution in [0.1, 0.15) is 10.4 Å². The molecule has 180 valence electrons. The number of methoxy groups -OCH3 is 1. The van der Waals surface area contributed by atoms with Crippen LogP contribution in [0.15, 0.2) is 36.5 Å². The number of halogens is 2. The predicted octanol–water partition coefficient (Wildman–Crippen LogP) is 2.47. The lowest BCUT2D eigenvalue weighted by Crippen LogP contribution is -2.49. The van der Waals surface area contributed by atoms with E-state index in [1.165, 1.54) is 46.2 Å². The van der Waals surface area contributed by atoms with Crippen molar-refractivity contribution in [1.82, 2.24) is 14.8 Å². The fraction of sp³-hybridized carbons (Fsp3) is 0.364. The quantitative estimate of drug-likeness (QED) is 0.477. The van der Waals surface area contributed by atoms with Gasteiger partial charge in [0, 0.05) is 39.4 Å². The van der Waals surface area contributed by atoms with Gasteiger partial charge in [0.2, 0.25) is 5.95 Å². The Morgan fingerprint density at radius 1 is 1.24 bits per heavy atom. The molecule has 2 amide bonds. The first kappa shape index (κ1) is 23.6. The van der Waals surface area contributed by atoms with E-state index in [2.05, 4.69) is 4.98 Å². The van der Waals surface area contributed by atoms with Crippen molar-refractivity contribution in [3.8, 4) is 0 Å². The fourth-order valence-electron chi connectivity index (χ4n) is 3.91. The molecule has 4 rings (SSSR count). The number of carbonyl (C=O) groups is 2. The fourth-order valence-corrected chi connectivity index (χ4v) is 4.03. The highest BCUT2D eigenvalue weighted by Gasteiger charge is 2.36. The molecule has 2 aliphatic rings. The molecule has 1 unspecified atom stereocenters. The smallest absolute Gasteiger partial charge is 0.416 e. The van der Waals surface area contributed by atoms with Crippen molar-refractivity contribution in [3.63, 3.8) is 0 Å². The van der Waals surface area contributed by atoms with E-state index in [1.807, 2.05) is 0 Å². The molecule has 1 aromatic carbocycles. The molecule has 9 nitrogen and oxygen atoms in total. The molecular formula is C22H23F2N5O4S. The first-order valence-electron chi connectivity index (χ1n) is 10.5. The molecular weight excluding hydrogens is 468 g/mol. The van der Waals surface area contributed by atoms with Gasteiger partial charge in [0.15, 0.2) is 6.23 Å². The maximum atomic E-state index is 15.0. The summed E-state index contributed by atoms with van der Waals surface area (Å²) in [4.78, 5) is 34.6. The number of rotatable bonds is 4. The molecule has 0 aliphatic carbocycles. The second-order valence-electron chi connectivity index (χ2n) is 7.79. The third-order valence-corrected chi connectivity index (χ3v) is 6.29. The second kappa shape index (κ2) is 9.75. The van der Waals surface area contributed by atoms with Crippen LogP contribution in [0.4, 0.5) is 25.0 Å². The van der Waals surface area contributed by atoms with Crippen LogP contribution in [0.25, 0.3) is 0 Å². The summed E-state index contributed by atoms with van der Waals surface area (Å²) in [5, 5.41) is 0.171. The number of pyridine rings is 1. The molecule has 0 spiro atoms. The van der Waals surface area contributed by atoms with Gasteiger partial charge < -0.3 is 19.3 Å². The Hall–Kier alpha value is -3.54. The van der Waals surface area contributed by atoms with E-state index in [9.17, 15) is 14.0 Å². The molecule has 0 bridgehead atoms. The molecule has 12 heteroatoms. The zero-order valence-electron chi connectivity index (χ0n) is 18.6. The van der Waals surface area contributed by atoms with Gasteiger partial charge in [-0.2, -0.15) is 4.39 Å². The highest BCUT2D eigenvalue weighted by atomic mass is 32.1. The normalized spacial score (nSPS) is 18.1. The first-order valence-corrected chi connectivity index (χ1v) is 10.9. The van der Waals surface area contributed by atoms with Crippen molar-refractivity contribution in [2.75, 3.05) is 56.7 Å². The predicted molar refractivity (Wildman–Crippen MR) is 124 cm³/mol. The number of hydrogen-bond donors (Lipinski definition) is 0. The lowest BCUT2D eigenvalue weighted by molar-refractivity contribution is 0.0677. The van der Waals surface area contributed by atoms with Gasteiger partial charge in [0.25, 0.3) is 11.1 Å². The molecule has 1 aromatic heterocycles. The summed E-state index contributed by atoms with van der Waals surface area (Å²) >= 11 is 5.06. The van der Waals surface area contributed by atoms with Crippen LogP contribution < -0.4 is 9.80 Å². The monoisotopic (exact) mass is 491 g/mol. The molecule has 0 radical (unpaired) electrons. The molecule has 0 saturated carbocycles. The zero-order chi connectivity index (χ0) is 24.4. The first-order chi connectivity index (χ1) is 16.3. The molecule has 2 saturated heterocycles. The van der Waals surface area contributed by atoms with Crippen molar-refractivity contribution in [2.24, 2.45) is 0 Å². The van der Waals surface area contributed by atoms with Crippen LogP contribution in [-0.2, 0) is 9.47 Å². The van der Waals surface area contributed by atoms with Crippen molar-refractivity contribution in [1.29, 1.82) is 0 Å². The Morgan fingerprint density at radius 3 is 2.62 bits per heavy atom. The highest BCUT2D eigenvalue weighted by Crippen LogP contribution is 2.29. The molecule has 3 heterocycles. The minimum Gasteiger partial charge on any atom is -0.474 e. The number of amides is 2. The number of likely N-dealkylation sites (N-methyl/N-ethyl adjacent to an activating group) is 1. The number of nitrogens with zero attached hydrogens (tertiary/aromatic N) is 5. The number of aromatic nitrogens is 1. The van der Waals surface area contributed by atoms with Crippen molar-refractivity contribution < 1.29 is 27.8 Å². The molecule has 2 aromatic rings. The lowest BCUT2D eigenvalue weighted by atomic mass is 10.2. The summed E-state index contributed by atoms with van der Waals surface area (Å²) in [6.07, 6.45) is 0.0150. The Morgan fingerprint density at radius 2 is 1.97 bits per heavy atom. The zero-order valence-corrected chi connectivity index (χ0v) is 19.4. The highest BCUT2D eigenvalue weighted by molar-refractivity contribution is 7.80. The standard InChI is InChI=1S/C22H23F2N5O4S/c1-26(22(34)32-2)18-13-29(21(31)33-18)14-5-6-17(16(23)12-14)27-8-10-28(11-9-27)20(30)15-4-3-7-25-19(15)24/h3-7,12,18H,8-11,13H2,1-2H3. The third kappa shape index (κ3) is 4.58. The minimum atomic E-state index is -0.811. The van der Waals surface area contributed by atoms with Crippen LogP contribution in [0, 0.1) is 11.8 Å². The van der Waals surface area contributed by atoms with E-state index in [0.29, 0.717) is 37.6 Å². The van der Waals surface area contributed by atoms with Gasteiger partial charge in [0.05, 0.1) is 30.6 Å². The number of benzene rings is 1. The van der Waals surface area contributed by atoms with Crippen LogP contribution >= 0.6 is 12.2 Å². The molecule has 1 atom stereocenters. The van der Waals surface area contributed by atoms with Crippen LogP contribution in [0.2, 0.25) is 0 Å². The van der Waals surface area contributed by atoms with Gasteiger partial charge in [-0.05, 0) is 42.5 Å². The summed E-state index contributed by atoms with van der Waals surface area (Å²) in [5.41, 5.74) is 0.621. The van der Waals surface area contributed by atoms with E-state index in [0.717, 1.165) is 0 Å². The van der Waals surface area contributed by atoms with E-state index >= 15 is 4.39 Å². The average molecular weight is 492 g/mol. The van der Waals surface area contributed by atoms with Gasteiger partial charge in [-0.1, -0.05) is 0 Å². The van der Waals surface area contributed by atoms with E-state index < -0.39 is 30.0 Å². The summed E-state index contributed by atoms with van der Waals surface area (Å²) in [5.74, 6) is -1.76. The maximum absolute atomic E-state index is 15.0. The number of piperazine rings is 1. The number of thiocarbonyl (C=S) groups is 1. The molecule has 2 aliphatic heterocycles. The number of carbonyl (C=O) groups excluding carboxylic acids is 2. The van der Waals surface area contributed by atoms with E-state index in [-0.39, 0.29) is 17.3 Å². The number of cyclic esters (lactones) is 1. The minimum absolute atomic E-state index is 0.0841. The Balaban J connectivity index is 1.40. The topological polar surface area (TPSA) is 78.5 Å². The number of ether oxygens (including phenoxy) is 2. The second-order valence-corrected chi connectivity index (χ2v) is 8.14.